The molecule has 42 heavy (non-hydrogen) atoms. The molecule has 6 rings (SSSR count). The molecule has 0 amide bonds. The van der Waals surface area contributed by atoms with Crippen LogP contribution in [0.4, 0.5) is 4.39 Å². The SMILES string of the molecule is Cc1c(Cl)cc(COc2cc(C(c3c(O)c4cc(F)ccc4c4occ(C(=O)O)c34)N3CCOCC3)ccn2)cc1Cl. The van der Waals surface area contributed by atoms with Crippen LogP contribution < -0.4 is 4.74 Å². The van der Waals surface area contributed by atoms with Crippen molar-refractivity contribution in [3.05, 3.63) is 98.6 Å². The molecule has 1 unspecified atom stereocenters. The quantitative estimate of drug-likeness (QED) is 0.200. The number of aromatic carboxylic acids is 1. The van der Waals surface area contributed by atoms with E-state index in [0.29, 0.717) is 53.2 Å². The van der Waals surface area contributed by atoms with Gasteiger partial charge in [0.2, 0.25) is 5.88 Å². The van der Waals surface area contributed by atoms with Crippen molar-refractivity contribution in [1.29, 1.82) is 0 Å². The zero-order valence-electron chi connectivity index (χ0n) is 22.4. The highest BCUT2D eigenvalue weighted by Gasteiger charge is 2.33. The molecule has 1 fully saturated rings. The highest BCUT2D eigenvalue weighted by molar-refractivity contribution is 6.36. The third kappa shape index (κ3) is 5.13. The van der Waals surface area contributed by atoms with Gasteiger partial charge >= 0.3 is 5.97 Å². The van der Waals surface area contributed by atoms with Gasteiger partial charge in [0, 0.05) is 57.1 Å². The van der Waals surface area contributed by atoms with Gasteiger partial charge in [0.1, 0.15) is 35.6 Å². The molecule has 2 N–H and O–H groups in total. The number of phenols is 1. The molecule has 0 aliphatic carbocycles. The average Bonchev–Trinajstić information content (AvgIpc) is 3.43. The van der Waals surface area contributed by atoms with E-state index in [2.05, 4.69) is 9.88 Å². The predicted octanol–water partition coefficient (Wildman–Crippen LogP) is 7.14. The van der Waals surface area contributed by atoms with Crippen LogP contribution in [0.3, 0.4) is 0 Å². The number of hydrogen-bond donors (Lipinski definition) is 2. The molecule has 216 valence electrons. The number of morpholine rings is 1. The molecule has 11 heteroatoms. The van der Waals surface area contributed by atoms with Crippen LogP contribution in [0.15, 0.2) is 59.3 Å². The summed E-state index contributed by atoms with van der Waals surface area (Å²) in [6.07, 6.45) is 2.73. The first-order valence-electron chi connectivity index (χ1n) is 13.2. The zero-order valence-corrected chi connectivity index (χ0v) is 23.9. The van der Waals surface area contributed by atoms with Gasteiger partial charge in [-0.15, -0.1) is 0 Å². The molecule has 2 aromatic heterocycles. The maximum absolute atomic E-state index is 14.4. The number of aromatic nitrogens is 1. The number of hydrogen-bond acceptors (Lipinski definition) is 7. The maximum atomic E-state index is 14.4. The van der Waals surface area contributed by atoms with Crippen LogP contribution in [0, 0.1) is 12.7 Å². The molecular formula is C31H25Cl2FN2O6. The number of aromatic hydroxyl groups is 1. The lowest BCUT2D eigenvalue weighted by Crippen LogP contribution is -2.39. The molecule has 0 radical (unpaired) electrons. The van der Waals surface area contributed by atoms with Crippen molar-refractivity contribution in [2.45, 2.75) is 19.6 Å². The molecule has 1 saturated heterocycles. The first-order valence-corrected chi connectivity index (χ1v) is 13.9. The summed E-state index contributed by atoms with van der Waals surface area (Å²) in [5.41, 5.74) is 2.62. The van der Waals surface area contributed by atoms with Crippen LogP contribution in [0.5, 0.6) is 11.6 Å². The fourth-order valence-electron chi connectivity index (χ4n) is 5.43. The number of pyridine rings is 1. The summed E-state index contributed by atoms with van der Waals surface area (Å²) in [5, 5.41) is 23.7. The van der Waals surface area contributed by atoms with Gasteiger partial charge in [-0.05, 0) is 60.0 Å². The van der Waals surface area contributed by atoms with Gasteiger partial charge < -0.3 is 24.1 Å². The smallest absolute Gasteiger partial charge is 0.339 e. The van der Waals surface area contributed by atoms with E-state index in [1.807, 2.05) is 6.92 Å². The first kappa shape index (κ1) is 28.2. The number of carboxylic acids is 1. The molecule has 3 aromatic carbocycles. The number of benzene rings is 3. The number of halogens is 3. The van der Waals surface area contributed by atoms with E-state index in [-0.39, 0.29) is 39.8 Å². The Balaban J connectivity index is 1.51. The Morgan fingerprint density at radius 1 is 1.12 bits per heavy atom. The zero-order chi connectivity index (χ0) is 29.5. The maximum Gasteiger partial charge on any atom is 0.339 e. The van der Waals surface area contributed by atoms with E-state index < -0.39 is 17.8 Å². The molecule has 1 atom stereocenters. The van der Waals surface area contributed by atoms with Crippen molar-refractivity contribution in [2.75, 3.05) is 26.3 Å². The Morgan fingerprint density at radius 2 is 1.86 bits per heavy atom. The van der Waals surface area contributed by atoms with Gasteiger partial charge in [-0.2, -0.15) is 0 Å². The number of nitrogens with zero attached hydrogens (tertiary/aromatic N) is 2. The summed E-state index contributed by atoms with van der Waals surface area (Å²) < 4.78 is 31.8. The van der Waals surface area contributed by atoms with Gasteiger partial charge in [0.25, 0.3) is 0 Å². The van der Waals surface area contributed by atoms with Gasteiger partial charge in [-0.3, -0.25) is 4.90 Å². The van der Waals surface area contributed by atoms with Crippen LogP contribution in [-0.4, -0.2) is 52.4 Å². The van der Waals surface area contributed by atoms with E-state index in [4.69, 9.17) is 37.1 Å². The third-order valence-corrected chi connectivity index (χ3v) is 8.30. The second-order valence-electron chi connectivity index (χ2n) is 10.1. The second-order valence-corrected chi connectivity index (χ2v) is 10.9. The Morgan fingerprint density at radius 3 is 2.57 bits per heavy atom. The number of carbonyl (C=O) groups is 1. The van der Waals surface area contributed by atoms with Gasteiger partial charge in [-0.1, -0.05) is 23.2 Å². The molecule has 1 aliphatic rings. The minimum absolute atomic E-state index is 0.113. The standard InChI is InChI=1S/C31H25Cl2FN2O6/c1-16-23(32)10-17(11-24(16)33)14-41-25-12-18(4-5-35-25)28(36-6-8-40-9-7-36)27-26-22(31(38)39)15-42-30(26)20-3-2-19(34)13-21(20)29(27)37/h2-5,10-13,15,28,37H,6-9,14H2,1H3,(H,38,39). The normalized spacial score (nSPS) is 14.9. The summed E-state index contributed by atoms with van der Waals surface area (Å²) in [6.45, 7) is 3.83. The van der Waals surface area contributed by atoms with Crippen LogP contribution in [0.1, 0.15) is 38.7 Å². The number of ether oxygens (including phenoxy) is 2. The monoisotopic (exact) mass is 610 g/mol. The van der Waals surface area contributed by atoms with Crippen LogP contribution in [0.2, 0.25) is 10.0 Å². The van der Waals surface area contributed by atoms with Crippen molar-refractivity contribution in [2.24, 2.45) is 0 Å². The first-order chi connectivity index (χ1) is 20.2. The third-order valence-electron chi connectivity index (χ3n) is 7.51. The Bertz CT molecular complexity index is 1810. The minimum Gasteiger partial charge on any atom is -0.507 e. The van der Waals surface area contributed by atoms with E-state index >= 15 is 0 Å². The fraction of sp³-hybridized carbons (Fsp3) is 0.226. The molecule has 0 bridgehead atoms. The Hall–Kier alpha value is -3.89. The summed E-state index contributed by atoms with van der Waals surface area (Å²) >= 11 is 12.6. The number of rotatable bonds is 7. The van der Waals surface area contributed by atoms with Crippen molar-refractivity contribution >= 4 is 50.9 Å². The van der Waals surface area contributed by atoms with E-state index in [0.717, 1.165) is 17.4 Å². The fourth-order valence-corrected chi connectivity index (χ4v) is 5.96. The summed E-state index contributed by atoms with van der Waals surface area (Å²) in [7, 11) is 0. The number of phenolic OH excluding ortho intramolecular Hbond substituents is 1. The van der Waals surface area contributed by atoms with Crippen molar-refractivity contribution in [3.8, 4) is 11.6 Å². The lowest BCUT2D eigenvalue weighted by atomic mass is 9.89. The Kier molecular flexibility index (Phi) is 7.67. The summed E-state index contributed by atoms with van der Waals surface area (Å²) in [5.74, 6) is -1.70. The van der Waals surface area contributed by atoms with Gasteiger partial charge in [0.15, 0.2) is 0 Å². The number of carboxylic acid groups (broad SMARTS) is 1. The highest BCUT2D eigenvalue weighted by atomic mass is 35.5. The molecular weight excluding hydrogens is 586 g/mol. The van der Waals surface area contributed by atoms with E-state index in [9.17, 15) is 19.4 Å². The van der Waals surface area contributed by atoms with Crippen molar-refractivity contribution < 1.29 is 33.3 Å². The molecule has 0 saturated carbocycles. The van der Waals surface area contributed by atoms with E-state index in [1.165, 1.54) is 18.2 Å². The van der Waals surface area contributed by atoms with Crippen LogP contribution in [0.25, 0.3) is 21.7 Å². The van der Waals surface area contributed by atoms with Crippen LogP contribution >= 0.6 is 23.2 Å². The van der Waals surface area contributed by atoms with Crippen molar-refractivity contribution in [1.82, 2.24) is 9.88 Å². The average molecular weight is 611 g/mol. The molecule has 5 aromatic rings. The highest BCUT2D eigenvalue weighted by Crippen LogP contribution is 2.47. The second kappa shape index (κ2) is 11.4. The largest absolute Gasteiger partial charge is 0.507 e. The minimum atomic E-state index is -1.22. The number of fused-ring (bicyclic) bond motifs is 3. The molecule has 0 spiro atoms. The summed E-state index contributed by atoms with van der Waals surface area (Å²) in [4.78, 5) is 18.8. The predicted molar refractivity (Wildman–Crippen MR) is 156 cm³/mol. The summed E-state index contributed by atoms with van der Waals surface area (Å²) in [6, 6.07) is 10.3. The van der Waals surface area contributed by atoms with Crippen LogP contribution in [-0.2, 0) is 11.3 Å². The van der Waals surface area contributed by atoms with E-state index in [1.54, 1.807) is 30.5 Å². The molecule has 1 aliphatic heterocycles. The van der Waals surface area contributed by atoms with Gasteiger partial charge in [-0.25, -0.2) is 14.2 Å². The molecule has 8 nitrogen and oxygen atoms in total. The number of furan rings is 1. The van der Waals surface area contributed by atoms with Crippen molar-refractivity contribution in [3.63, 3.8) is 0 Å². The topological polar surface area (TPSA) is 105 Å². The molecule has 3 heterocycles. The lowest BCUT2D eigenvalue weighted by molar-refractivity contribution is 0.0238. The van der Waals surface area contributed by atoms with Gasteiger partial charge in [0.05, 0.1) is 19.3 Å². The Labute approximate surface area is 249 Å². The lowest BCUT2D eigenvalue weighted by Gasteiger charge is -2.36.